The van der Waals surface area contributed by atoms with Crippen LogP contribution in [0, 0.1) is 12.7 Å². The fourth-order valence-electron chi connectivity index (χ4n) is 2.71. The summed E-state index contributed by atoms with van der Waals surface area (Å²) in [6, 6.07) is 13.1. The van der Waals surface area contributed by atoms with E-state index >= 15 is 0 Å². The van der Waals surface area contributed by atoms with Crippen LogP contribution in [0.1, 0.15) is 5.01 Å². The van der Waals surface area contributed by atoms with E-state index in [1.165, 1.54) is 35.2 Å². The summed E-state index contributed by atoms with van der Waals surface area (Å²) in [4.78, 5) is 16.8. The van der Waals surface area contributed by atoms with Gasteiger partial charge in [-0.15, -0.1) is 21.5 Å². The van der Waals surface area contributed by atoms with Gasteiger partial charge in [-0.05, 0) is 49.4 Å². The molecule has 0 radical (unpaired) electrons. The number of fused-ring (bicyclic) bond motifs is 1. The van der Waals surface area contributed by atoms with E-state index in [2.05, 4.69) is 20.5 Å². The van der Waals surface area contributed by atoms with Crippen LogP contribution in [0.4, 0.5) is 10.1 Å². The van der Waals surface area contributed by atoms with Crippen molar-refractivity contribution in [1.29, 1.82) is 0 Å². The molecule has 0 bridgehead atoms. The first-order valence-electron chi connectivity index (χ1n) is 8.57. The van der Waals surface area contributed by atoms with Crippen molar-refractivity contribution in [3.05, 3.63) is 64.4 Å². The summed E-state index contributed by atoms with van der Waals surface area (Å²) in [5.74, 6) is -0.332. The Bertz CT molecular complexity index is 1200. The third-order valence-corrected chi connectivity index (χ3v) is 6.13. The van der Waals surface area contributed by atoms with Crippen LogP contribution in [0.2, 0.25) is 5.02 Å². The SMILES string of the molecule is Cc1nc2c(SCC(=O)Nc3cccc(Cl)c3)nnc(-c3ccc(F)cc3)c2s1. The molecule has 0 unspecified atom stereocenters. The third kappa shape index (κ3) is 4.55. The van der Waals surface area contributed by atoms with Crippen LogP contribution in [0.3, 0.4) is 0 Å². The van der Waals surface area contributed by atoms with Crippen molar-refractivity contribution < 1.29 is 9.18 Å². The van der Waals surface area contributed by atoms with E-state index in [0.29, 0.717) is 26.9 Å². The summed E-state index contributed by atoms with van der Waals surface area (Å²) in [5.41, 5.74) is 2.75. The number of hydrogen-bond acceptors (Lipinski definition) is 6. The van der Waals surface area contributed by atoms with Crippen LogP contribution in [0.25, 0.3) is 21.5 Å². The molecule has 0 aliphatic heterocycles. The normalized spacial score (nSPS) is 11.0. The Balaban J connectivity index is 1.56. The highest BCUT2D eigenvalue weighted by molar-refractivity contribution is 8.00. The molecule has 29 heavy (non-hydrogen) atoms. The van der Waals surface area contributed by atoms with Gasteiger partial charge in [0.25, 0.3) is 0 Å². The second kappa shape index (κ2) is 8.44. The Morgan fingerprint density at radius 1 is 1.21 bits per heavy atom. The maximum Gasteiger partial charge on any atom is 0.234 e. The lowest BCUT2D eigenvalue weighted by Crippen LogP contribution is -2.14. The van der Waals surface area contributed by atoms with Gasteiger partial charge in [0.05, 0.1) is 15.5 Å². The Morgan fingerprint density at radius 2 is 2.00 bits per heavy atom. The summed E-state index contributed by atoms with van der Waals surface area (Å²) in [6.45, 7) is 1.90. The lowest BCUT2D eigenvalue weighted by atomic mass is 10.1. The molecule has 5 nitrogen and oxygen atoms in total. The van der Waals surface area contributed by atoms with Crippen molar-refractivity contribution in [3.8, 4) is 11.3 Å². The molecule has 0 spiro atoms. The summed E-state index contributed by atoms with van der Waals surface area (Å²) in [5, 5.41) is 13.4. The van der Waals surface area contributed by atoms with Gasteiger partial charge in [-0.2, -0.15) is 0 Å². The summed E-state index contributed by atoms with van der Waals surface area (Å²) < 4.78 is 14.1. The maximum absolute atomic E-state index is 13.2. The Morgan fingerprint density at radius 3 is 2.76 bits per heavy atom. The molecule has 4 aromatic rings. The molecular formula is C20H14ClFN4OS2. The molecular weight excluding hydrogens is 431 g/mol. The summed E-state index contributed by atoms with van der Waals surface area (Å²) in [7, 11) is 0. The number of rotatable bonds is 5. The molecule has 9 heteroatoms. The van der Waals surface area contributed by atoms with Crippen molar-refractivity contribution in [2.24, 2.45) is 0 Å². The van der Waals surface area contributed by atoms with Gasteiger partial charge in [0.1, 0.15) is 22.1 Å². The van der Waals surface area contributed by atoms with Crippen molar-refractivity contribution in [2.75, 3.05) is 11.1 Å². The molecule has 0 atom stereocenters. The molecule has 0 aliphatic carbocycles. The minimum absolute atomic E-state index is 0.156. The highest BCUT2D eigenvalue weighted by atomic mass is 35.5. The van der Waals surface area contributed by atoms with E-state index in [0.717, 1.165) is 15.3 Å². The number of nitrogens with one attached hydrogen (secondary N) is 1. The predicted octanol–water partition coefficient (Wildman–Crippen LogP) is 5.59. The second-order valence-corrected chi connectivity index (χ2v) is 8.72. The van der Waals surface area contributed by atoms with Crippen molar-refractivity contribution in [1.82, 2.24) is 15.2 Å². The number of anilines is 1. The van der Waals surface area contributed by atoms with Gasteiger partial charge >= 0.3 is 0 Å². The van der Waals surface area contributed by atoms with Gasteiger partial charge < -0.3 is 5.32 Å². The number of benzene rings is 2. The molecule has 0 saturated heterocycles. The molecule has 1 amide bonds. The van der Waals surface area contributed by atoms with Crippen molar-refractivity contribution in [2.45, 2.75) is 11.9 Å². The predicted molar refractivity (Wildman–Crippen MR) is 116 cm³/mol. The quantitative estimate of drug-likeness (QED) is 0.407. The Labute approximate surface area is 179 Å². The first-order valence-corrected chi connectivity index (χ1v) is 10.8. The van der Waals surface area contributed by atoms with E-state index < -0.39 is 0 Å². The number of halogens is 2. The molecule has 0 saturated carbocycles. The van der Waals surface area contributed by atoms with Crippen LogP contribution < -0.4 is 5.32 Å². The molecule has 2 aromatic carbocycles. The maximum atomic E-state index is 13.2. The standard InChI is InChI=1S/C20H14ClFN4OS2/c1-11-23-18-19(29-11)17(12-5-7-14(22)8-6-12)25-26-20(18)28-10-16(27)24-15-4-2-3-13(21)9-15/h2-9H,10H2,1H3,(H,24,27). The summed E-state index contributed by atoms with van der Waals surface area (Å²) >= 11 is 8.70. The number of nitrogens with zero attached hydrogens (tertiary/aromatic N) is 3. The van der Waals surface area contributed by atoms with Gasteiger partial charge in [0.2, 0.25) is 5.91 Å². The van der Waals surface area contributed by atoms with E-state index in [1.807, 2.05) is 6.92 Å². The molecule has 0 aliphatic rings. The van der Waals surface area contributed by atoms with E-state index in [4.69, 9.17) is 11.6 Å². The van der Waals surface area contributed by atoms with Gasteiger partial charge in [0.15, 0.2) is 0 Å². The van der Waals surface area contributed by atoms with Crippen LogP contribution in [0.15, 0.2) is 53.6 Å². The number of carbonyl (C=O) groups is 1. The average molecular weight is 445 g/mol. The number of aromatic nitrogens is 3. The van der Waals surface area contributed by atoms with Crippen LogP contribution >= 0.6 is 34.7 Å². The van der Waals surface area contributed by atoms with Gasteiger partial charge in [0, 0.05) is 16.3 Å². The number of aryl methyl sites for hydroxylation is 1. The van der Waals surface area contributed by atoms with E-state index in [-0.39, 0.29) is 17.5 Å². The fourth-order valence-corrected chi connectivity index (χ4v) is 4.62. The zero-order valence-corrected chi connectivity index (χ0v) is 17.5. The highest BCUT2D eigenvalue weighted by Gasteiger charge is 2.17. The fraction of sp³-hybridized carbons (Fsp3) is 0.100. The van der Waals surface area contributed by atoms with Crippen LogP contribution in [0.5, 0.6) is 0 Å². The Kier molecular flexibility index (Phi) is 5.75. The number of hydrogen-bond donors (Lipinski definition) is 1. The lowest BCUT2D eigenvalue weighted by Gasteiger charge is -2.06. The molecule has 0 fully saturated rings. The third-order valence-electron chi connectivity index (χ3n) is 3.96. The van der Waals surface area contributed by atoms with Gasteiger partial charge in [-0.3, -0.25) is 4.79 Å². The number of thiazole rings is 1. The minimum atomic E-state index is -0.309. The molecule has 2 aromatic heterocycles. The van der Waals surface area contributed by atoms with Gasteiger partial charge in [-0.1, -0.05) is 29.4 Å². The number of carbonyl (C=O) groups excluding carboxylic acids is 1. The first kappa shape index (κ1) is 19.8. The smallest absolute Gasteiger partial charge is 0.234 e. The number of amides is 1. The monoisotopic (exact) mass is 444 g/mol. The summed E-state index contributed by atoms with van der Waals surface area (Å²) in [6.07, 6.45) is 0. The topological polar surface area (TPSA) is 67.8 Å². The molecule has 146 valence electrons. The second-order valence-electron chi connectivity index (χ2n) is 6.12. The average Bonchev–Trinajstić information content (AvgIpc) is 3.08. The Hall–Kier alpha value is -2.55. The van der Waals surface area contributed by atoms with E-state index in [9.17, 15) is 9.18 Å². The van der Waals surface area contributed by atoms with Gasteiger partial charge in [-0.25, -0.2) is 9.37 Å². The lowest BCUT2D eigenvalue weighted by molar-refractivity contribution is -0.113. The molecule has 1 N–H and O–H groups in total. The molecule has 4 rings (SSSR count). The number of thioether (sulfide) groups is 1. The van der Waals surface area contributed by atoms with Crippen LogP contribution in [-0.4, -0.2) is 26.8 Å². The molecule has 2 heterocycles. The minimum Gasteiger partial charge on any atom is -0.325 e. The van der Waals surface area contributed by atoms with Crippen molar-refractivity contribution in [3.63, 3.8) is 0 Å². The largest absolute Gasteiger partial charge is 0.325 e. The van der Waals surface area contributed by atoms with Crippen molar-refractivity contribution >= 4 is 56.5 Å². The zero-order chi connectivity index (χ0) is 20.4. The van der Waals surface area contributed by atoms with E-state index in [1.54, 1.807) is 36.4 Å². The van der Waals surface area contributed by atoms with Crippen LogP contribution in [-0.2, 0) is 4.79 Å². The highest BCUT2D eigenvalue weighted by Crippen LogP contribution is 2.35. The first-order chi connectivity index (χ1) is 14.0. The zero-order valence-electron chi connectivity index (χ0n) is 15.1.